The maximum atomic E-state index is 13.2. The van der Waals surface area contributed by atoms with E-state index in [2.05, 4.69) is 23.2 Å². The van der Waals surface area contributed by atoms with Crippen LogP contribution in [0.25, 0.3) is 44.3 Å². The highest BCUT2D eigenvalue weighted by Crippen LogP contribution is 2.35. The number of thiazole rings is 1. The fraction of sp³-hybridized carbons (Fsp3) is 0.167. The molecule has 32 heavy (non-hydrogen) atoms. The lowest BCUT2D eigenvalue weighted by molar-refractivity contribution is 0.184. The van der Waals surface area contributed by atoms with Crippen molar-refractivity contribution >= 4 is 56.5 Å². The average Bonchev–Trinajstić information content (AvgIpc) is 3.34. The van der Waals surface area contributed by atoms with Crippen molar-refractivity contribution < 1.29 is 4.74 Å². The molecule has 2 aromatic carbocycles. The highest BCUT2D eigenvalue weighted by Gasteiger charge is 2.18. The number of fused-ring (bicyclic) bond motifs is 3. The van der Waals surface area contributed by atoms with E-state index in [9.17, 15) is 4.79 Å². The summed E-state index contributed by atoms with van der Waals surface area (Å²) in [5.74, 6) is 0. The summed E-state index contributed by atoms with van der Waals surface area (Å²) in [5.41, 5.74) is 4.89. The van der Waals surface area contributed by atoms with Crippen molar-refractivity contribution in [1.82, 2.24) is 14.1 Å². The summed E-state index contributed by atoms with van der Waals surface area (Å²) in [5, 5.41) is 5.96. The van der Waals surface area contributed by atoms with Gasteiger partial charge in [0.05, 0.1) is 22.8 Å². The second-order valence-electron chi connectivity index (χ2n) is 7.63. The molecule has 0 aliphatic rings. The van der Waals surface area contributed by atoms with Crippen LogP contribution in [0.2, 0.25) is 10.0 Å². The molecular weight excluding hydrogens is 465 g/mol. The van der Waals surface area contributed by atoms with Gasteiger partial charge in [0.2, 0.25) is 0 Å². The number of aromatic nitrogens is 3. The van der Waals surface area contributed by atoms with Gasteiger partial charge in [0, 0.05) is 59.1 Å². The Bertz CT molecular complexity index is 1570. The molecule has 5 aromatic rings. The van der Waals surface area contributed by atoms with Gasteiger partial charge in [-0.15, -0.1) is 11.3 Å². The molecule has 0 saturated carbocycles. The van der Waals surface area contributed by atoms with E-state index in [0.29, 0.717) is 27.8 Å². The van der Waals surface area contributed by atoms with Crippen molar-refractivity contribution in [2.75, 3.05) is 7.11 Å². The summed E-state index contributed by atoms with van der Waals surface area (Å²) in [4.78, 5) is 17.9. The molecule has 0 bridgehead atoms. The third-order valence-corrected chi connectivity index (χ3v) is 7.05. The van der Waals surface area contributed by atoms with Gasteiger partial charge < -0.3 is 9.30 Å². The predicted octanol–water partition coefficient (Wildman–Crippen LogP) is 6.27. The van der Waals surface area contributed by atoms with Gasteiger partial charge in [0.15, 0.2) is 0 Å². The maximum Gasteiger partial charge on any atom is 0.259 e. The van der Waals surface area contributed by atoms with Crippen LogP contribution >= 0.6 is 34.5 Å². The summed E-state index contributed by atoms with van der Waals surface area (Å²) >= 11 is 14.1. The van der Waals surface area contributed by atoms with E-state index >= 15 is 0 Å². The smallest absolute Gasteiger partial charge is 0.259 e. The Morgan fingerprint density at radius 3 is 2.56 bits per heavy atom. The highest BCUT2D eigenvalue weighted by molar-refractivity contribution is 7.09. The zero-order valence-corrected chi connectivity index (χ0v) is 20.0. The summed E-state index contributed by atoms with van der Waals surface area (Å²) in [7, 11) is 5.42. The number of pyridine rings is 1. The van der Waals surface area contributed by atoms with E-state index in [4.69, 9.17) is 27.9 Å². The van der Waals surface area contributed by atoms with Gasteiger partial charge in [0.1, 0.15) is 10.7 Å². The van der Waals surface area contributed by atoms with Gasteiger partial charge in [-0.25, -0.2) is 4.98 Å². The standard InChI is InChI=1S/C24H19Cl2N3O2S/c1-28-21-7-4-13(20-12-32-22(27-20)11-31-3)8-16(21)17-10-18(24(30)29(2)23(17)28)15-6-5-14(25)9-19(15)26/h4-10,12H,11H2,1-3H3. The fourth-order valence-electron chi connectivity index (χ4n) is 4.18. The van der Waals surface area contributed by atoms with Crippen LogP contribution < -0.4 is 5.56 Å². The Morgan fingerprint density at radius 2 is 1.81 bits per heavy atom. The molecule has 3 aromatic heterocycles. The first kappa shape index (κ1) is 21.2. The molecule has 8 heteroatoms. The van der Waals surface area contributed by atoms with Crippen LogP contribution in [-0.2, 0) is 25.4 Å². The van der Waals surface area contributed by atoms with Crippen molar-refractivity contribution in [3.05, 3.63) is 73.3 Å². The van der Waals surface area contributed by atoms with Gasteiger partial charge >= 0.3 is 0 Å². The quantitative estimate of drug-likeness (QED) is 0.302. The molecule has 0 amide bonds. The molecule has 0 radical (unpaired) electrons. The second-order valence-corrected chi connectivity index (χ2v) is 9.42. The number of benzene rings is 2. The minimum atomic E-state index is -0.114. The molecule has 162 valence electrons. The largest absolute Gasteiger partial charge is 0.378 e. The molecule has 5 rings (SSSR count). The summed E-state index contributed by atoms with van der Waals surface area (Å²) in [6, 6.07) is 13.4. The summed E-state index contributed by atoms with van der Waals surface area (Å²) in [6.07, 6.45) is 0. The van der Waals surface area contributed by atoms with Crippen LogP contribution in [0.5, 0.6) is 0 Å². The van der Waals surface area contributed by atoms with Gasteiger partial charge in [-0.3, -0.25) is 9.36 Å². The van der Waals surface area contributed by atoms with Crippen LogP contribution in [0, 0.1) is 0 Å². The topological polar surface area (TPSA) is 49.0 Å². The number of methoxy groups -OCH3 is 1. The van der Waals surface area contributed by atoms with Gasteiger partial charge in [0.25, 0.3) is 5.56 Å². The molecule has 0 aliphatic heterocycles. The van der Waals surface area contributed by atoms with Crippen molar-refractivity contribution in [1.29, 1.82) is 0 Å². The molecule has 0 unspecified atom stereocenters. The highest BCUT2D eigenvalue weighted by atomic mass is 35.5. The lowest BCUT2D eigenvalue weighted by atomic mass is 10.0. The first-order chi connectivity index (χ1) is 15.4. The van der Waals surface area contributed by atoms with Gasteiger partial charge in [-0.05, 0) is 30.3 Å². The monoisotopic (exact) mass is 483 g/mol. The maximum absolute atomic E-state index is 13.2. The minimum Gasteiger partial charge on any atom is -0.378 e. The number of aryl methyl sites for hydroxylation is 2. The molecule has 3 heterocycles. The molecular formula is C24H19Cl2N3O2S. The normalized spacial score (nSPS) is 11.7. The van der Waals surface area contributed by atoms with E-state index in [-0.39, 0.29) is 5.56 Å². The summed E-state index contributed by atoms with van der Waals surface area (Å²) < 4.78 is 8.92. The van der Waals surface area contributed by atoms with E-state index < -0.39 is 0 Å². The minimum absolute atomic E-state index is 0.114. The van der Waals surface area contributed by atoms with Crippen LogP contribution in [-0.4, -0.2) is 21.2 Å². The van der Waals surface area contributed by atoms with Crippen LogP contribution in [0.1, 0.15) is 5.01 Å². The third-order valence-electron chi connectivity index (χ3n) is 5.68. The summed E-state index contributed by atoms with van der Waals surface area (Å²) in [6.45, 7) is 0.495. The number of hydrogen-bond donors (Lipinski definition) is 0. The Morgan fingerprint density at radius 1 is 1.00 bits per heavy atom. The Balaban J connectivity index is 1.78. The zero-order valence-electron chi connectivity index (χ0n) is 17.6. The third kappa shape index (κ3) is 3.35. The van der Waals surface area contributed by atoms with Crippen LogP contribution in [0.3, 0.4) is 0 Å². The molecule has 0 N–H and O–H groups in total. The molecule has 5 nitrogen and oxygen atoms in total. The van der Waals surface area contributed by atoms with Crippen LogP contribution in [0.15, 0.2) is 52.6 Å². The molecule has 0 aliphatic carbocycles. The van der Waals surface area contributed by atoms with Crippen molar-refractivity contribution in [2.45, 2.75) is 6.61 Å². The van der Waals surface area contributed by atoms with Crippen LogP contribution in [0.4, 0.5) is 0 Å². The Hall–Kier alpha value is -2.64. The SMILES string of the molecule is COCc1nc(-c2ccc3c(c2)c2cc(-c4ccc(Cl)cc4Cl)c(=O)n(C)c2n3C)cs1. The molecule has 0 atom stereocenters. The van der Waals surface area contributed by atoms with E-state index in [1.54, 1.807) is 48.3 Å². The molecule has 0 spiro atoms. The number of rotatable bonds is 4. The number of hydrogen-bond acceptors (Lipinski definition) is 4. The first-order valence-corrected chi connectivity index (χ1v) is 11.5. The Labute approximate surface area is 198 Å². The van der Waals surface area contributed by atoms with E-state index in [1.165, 1.54) is 0 Å². The first-order valence-electron chi connectivity index (χ1n) is 9.90. The number of ether oxygens (including phenoxy) is 1. The Kier molecular flexibility index (Phi) is 5.34. The number of halogens is 2. The van der Waals surface area contributed by atoms with Gasteiger partial charge in [-0.2, -0.15) is 0 Å². The van der Waals surface area contributed by atoms with Crippen molar-refractivity contribution in [2.24, 2.45) is 14.1 Å². The van der Waals surface area contributed by atoms with Crippen molar-refractivity contribution in [3.63, 3.8) is 0 Å². The second kappa shape index (κ2) is 8.05. The molecule has 0 saturated heterocycles. The van der Waals surface area contributed by atoms with Crippen molar-refractivity contribution in [3.8, 4) is 22.4 Å². The molecule has 0 fully saturated rings. The van der Waals surface area contributed by atoms with E-state index in [1.807, 2.05) is 23.1 Å². The average molecular weight is 484 g/mol. The zero-order chi connectivity index (χ0) is 22.6. The predicted molar refractivity (Wildman–Crippen MR) is 133 cm³/mol. The van der Waals surface area contributed by atoms with Gasteiger partial charge in [-0.1, -0.05) is 35.3 Å². The van der Waals surface area contributed by atoms with E-state index in [0.717, 1.165) is 38.2 Å². The lowest BCUT2D eigenvalue weighted by Crippen LogP contribution is -2.20. The number of nitrogens with zero attached hydrogens (tertiary/aromatic N) is 3. The fourth-order valence-corrected chi connectivity index (χ4v) is 5.47. The lowest BCUT2D eigenvalue weighted by Gasteiger charge is -2.09.